The highest BCUT2D eigenvalue weighted by molar-refractivity contribution is 5.79. The van der Waals surface area contributed by atoms with Gasteiger partial charge >= 0.3 is 5.97 Å². The van der Waals surface area contributed by atoms with Crippen molar-refractivity contribution in [3.63, 3.8) is 0 Å². The molecule has 1 aromatic heterocycles. The second kappa shape index (κ2) is 12.4. The molecule has 0 bridgehead atoms. The first-order valence-electron chi connectivity index (χ1n) is 13.5. The number of aromatic nitrogens is 2. The number of imidazole rings is 1. The Balaban J connectivity index is 1.58. The van der Waals surface area contributed by atoms with E-state index >= 15 is 0 Å². The molecule has 1 N–H and O–H groups in total. The van der Waals surface area contributed by atoms with E-state index in [0.717, 1.165) is 62.1 Å². The summed E-state index contributed by atoms with van der Waals surface area (Å²) in [5.74, 6) is -0.544. The molecule has 36 heavy (non-hydrogen) atoms. The summed E-state index contributed by atoms with van der Waals surface area (Å²) < 4.78 is 7.65. The van der Waals surface area contributed by atoms with Gasteiger partial charge in [0.2, 0.25) is 5.91 Å². The number of hydrogen-bond acceptors (Lipinski definition) is 5. The number of amides is 1. The fourth-order valence-electron chi connectivity index (χ4n) is 5.66. The number of benzene rings is 1. The number of ether oxygens (including phenoxy) is 1. The van der Waals surface area contributed by atoms with Crippen molar-refractivity contribution in [3.05, 3.63) is 48.0 Å². The molecule has 0 radical (unpaired) electrons. The van der Waals surface area contributed by atoms with Gasteiger partial charge in [-0.25, -0.2) is 4.98 Å². The molecule has 0 unspecified atom stereocenters. The molecule has 3 heterocycles. The molecule has 2 aliphatic heterocycles. The molecule has 196 valence electrons. The fraction of sp³-hybridized carbons (Fsp3) is 0.607. The number of carbonyl (C=O) groups excluding carboxylic acids is 1. The Hall–Kier alpha value is -2.87. The number of unbranched alkanes of at least 4 members (excludes halogenated alkanes) is 2. The van der Waals surface area contributed by atoms with Crippen LogP contribution in [0.25, 0.3) is 0 Å². The van der Waals surface area contributed by atoms with Crippen molar-refractivity contribution in [3.8, 4) is 5.75 Å². The van der Waals surface area contributed by atoms with E-state index in [2.05, 4.69) is 29.8 Å². The van der Waals surface area contributed by atoms with Gasteiger partial charge in [-0.3, -0.25) is 14.5 Å². The standard InChI is InChI=1S/C28H40N4O4/c1-3-5-12-31(13-6-4-2)26(33)19-32-18-23(21-7-8-25-22(17-21)10-16-36-25)27(28(34)35)24(32)9-14-30-15-11-29-20-30/h7-8,11,15,17,20,23-24,27H,3-6,9-10,12-14,16,18-19H2,1-2H3,(H,34,35)/t23-,24+,27-/m1/s1. The number of aliphatic carboxylic acids is 1. The number of hydrogen-bond donors (Lipinski definition) is 1. The summed E-state index contributed by atoms with van der Waals surface area (Å²) in [5.41, 5.74) is 2.18. The van der Waals surface area contributed by atoms with Gasteiger partial charge in [-0.15, -0.1) is 0 Å². The highest BCUT2D eigenvalue weighted by Crippen LogP contribution is 2.41. The Bertz CT molecular complexity index is 1000. The van der Waals surface area contributed by atoms with Gasteiger partial charge in [-0.2, -0.15) is 0 Å². The monoisotopic (exact) mass is 496 g/mol. The molecular formula is C28H40N4O4. The lowest BCUT2D eigenvalue weighted by molar-refractivity contribution is -0.144. The molecule has 2 aromatic rings. The third-order valence-electron chi connectivity index (χ3n) is 7.67. The predicted octanol–water partition coefficient (Wildman–Crippen LogP) is 3.81. The number of carboxylic acid groups (broad SMARTS) is 1. The maximum Gasteiger partial charge on any atom is 0.308 e. The summed E-state index contributed by atoms with van der Waals surface area (Å²) in [7, 11) is 0. The summed E-state index contributed by atoms with van der Waals surface area (Å²) >= 11 is 0. The summed E-state index contributed by atoms with van der Waals surface area (Å²) in [6.45, 7) is 7.96. The van der Waals surface area contributed by atoms with Crippen LogP contribution in [0.3, 0.4) is 0 Å². The minimum atomic E-state index is -0.795. The van der Waals surface area contributed by atoms with Crippen LogP contribution in [0.15, 0.2) is 36.9 Å². The molecule has 3 atom stereocenters. The summed E-state index contributed by atoms with van der Waals surface area (Å²) in [4.78, 5) is 34.4. The molecule has 4 rings (SSSR count). The number of carbonyl (C=O) groups is 2. The summed E-state index contributed by atoms with van der Waals surface area (Å²) in [6.07, 6.45) is 10.9. The molecular weight excluding hydrogens is 456 g/mol. The van der Waals surface area contributed by atoms with Gasteiger partial charge in [0.15, 0.2) is 0 Å². The van der Waals surface area contributed by atoms with E-state index in [4.69, 9.17) is 4.74 Å². The van der Waals surface area contributed by atoms with Gasteiger partial charge in [-0.05, 0) is 36.5 Å². The quantitative estimate of drug-likeness (QED) is 0.454. The molecule has 8 nitrogen and oxygen atoms in total. The number of fused-ring (bicyclic) bond motifs is 1. The Morgan fingerprint density at radius 2 is 1.97 bits per heavy atom. The first-order valence-corrected chi connectivity index (χ1v) is 13.5. The summed E-state index contributed by atoms with van der Waals surface area (Å²) in [5, 5.41) is 10.4. The average molecular weight is 497 g/mol. The number of rotatable bonds is 13. The fourth-order valence-corrected chi connectivity index (χ4v) is 5.66. The van der Waals surface area contributed by atoms with Crippen molar-refractivity contribution >= 4 is 11.9 Å². The van der Waals surface area contributed by atoms with Crippen LogP contribution in [0.1, 0.15) is 63.0 Å². The lowest BCUT2D eigenvalue weighted by Gasteiger charge is -2.30. The van der Waals surface area contributed by atoms with Gasteiger partial charge in [0.1, 0.15) is 5.75 Å². The third-order valence-corrected chi connectivity index (χ3v) is 7.67. The Morgan fingerprint density at radius 3 is 2.64 bits per heavy atom. The van der Waals surface area contributed by atoms with E-state index in [1.165, 1.54) is 0 Å². The minimum Gasteiger partial charge on any atom is -0.493 e. The Kier molecular flexibility index (Phi) is 9.02. The van der Waals surface area contributed by atoms with Crippen molar-refractivity contribution < 1.29 is 19.4 Å². The van der Waals surface area contributed by atoms with Crippen LogP contribution in [-0.2, 0) is 22.6 Å². The van der Waals surface area contributed by atoms with Gasteiger partial charge in [-0.1, -0.05) is 38.8 Å². The van der Waals surface area contributed by atoms with E-state index in [-0.39, 0.29) is 24.4 Å². The second-order valence-corrected chi connectivity index (χ2v) is 10.1. The van der Waals surface area contributed by atoms with Crippen LogP contribution in [0.5, 0.6) is 5.75 Å². The van der Waals surface area contributed by atoms with Crippen molar-refractivity contribution in [1.29, 1.82) is 0 Å². The summed E-state index contributed by atoms with van der Waals surface area (Å²) in [6, 6.07) is 5.87. The number of nitrogens with zero attached hydrogens (tertiary/aromatic N) is 4. The molecule has 0 aliphatic carbocycles. The average Bonchev–Trinajstić information content (AvgIpc) is 3.62. The second-order valence-electron chi connectivity index (χ2n) is 10.1. The molecule has 1 amide bonds. The zero-order valence-corrected chi connectivity index (χ0v) is 21.6. The van der Waals surface area contributed by atoms with Crippen LogP contribution < -0.4 is 4.74 Å². The molecule has 1 aromatic carbocycles. The SMILES string of the molecule is CCCCN(CCCC)C(=O)CN1C[C@H](c2ccc3c(c2)CCO3)[C@@H](C(=O)O)[C@@H]1CCn1ccnc1. The molecule has 8 heteroatoms. The zero-order valence-electron chi connectivity index (χ0n) is 21.6. The molecule has 1 fully saturated rings. The van der Waals surface area contributed by atoms with E-state index in [9.17, 15) is 14.7 Å². The van der Waals surface area contributed by atoms with E-state index in [1.54, 1.807) is 12.5 Å². The Morgan fingerprint density at radius 1 is 1.19 bits per heavy atom. The third kappa shape index (κ3) is 6.09. The largest absolute Gasteiger partial charge is 0.493 e. The molecule has 0 spiro atoms. The molecule has 2 aliphatic rings. The van der Waals surface area contributed by atoms with Crippen molar-refractivity contribution in [2.75, 3.05) is 32.8 Å². The van der Waals surface area contributed by atoms with E-state index in [0.29, 0.717) is 26.1 Å². The number of likely N-dealkylation sites (tertiary alicyclic amines) is 1. The Labute approximate surface area is 214 Å². The van der Waals surface area contributed by atoms with Crippen molar-refractivity contribution in [1.82, 2.24) is 19.4 Å². The van der Waals surface area contributed by atoms with Gasteiger partial charge in [0, 0.05) is 57.0 Å². The van der Waals surface area contributed by atoms with Gasteiger partial charge in [0.25, 0.3) is 0 Å². The van der Waals surface area contributed by atoms with Crippen LogP contribution in [0.2, 0.25) is 0 Å². The van der Waals surface area contributed by atoms with Crippen LogP contribution in [0, 0.1) is 5.92 Å². The smallest absolute Gasteiger partial charge is 0.308 e. The van der Waals surface area contributed by atoms with E-state index in [1.807, 2.05) is 27.8 Å². The van der Waals surface area contributed by atoms with Crippen molar-refractivity contribution in [2.45, 2.75) is 70.9 Å². The number of aryl methyl sites for hydroxylation is 1. The molecule has 0 saturated carbocycles. The van der Waals surface area contributed by atoms with Crippen LogP contribution in [0.4, 0.5) is 0 Å². The highest BCUT2D eigenvalue weighted by atomic mass is 16.5. The lowest BCUT2D eigenvalue weighted by atomic mass is 9.83. The van der Waals surface area contributed by atoms with E-state index < -0.39 is 11.9 Å². The normalized spacial score (nSPS) is 21.3. The highest BCUT2D eigenvalue weighted by Gasteiger charge is 2.47. The minimum absolute atomic E-state index is 0.108. The molecule has 1 saturated heterocycles. The van der Waals surface area contributed by atoms with Gasteiger partial charge in [0.05, 0.1) is 25.4 Å². The van der Waals surface area contributed by atoms with Crippen LogP contribution >= 0.6 is 0 Å². The first-order chi connectivity index (χ1) is 17.5. The lowest BCUT2D eigenvalue weighted by Crippen LogP contribution is -2.45. The van der Waals surface area contributed by atoms with Gasteiger partial charge < -0.3 is 19.3 Å². The first kappa shape index (κ1) is 26.2. The van der Waals surface area contributed by atoms with Crippen LogP contribution in [-0.4, -0.2) is 75.2 Å². The number of carboxylic acids is 1. The maximum atomic E-state index is 13.5. The zero-order chi connectivity index (χ0) is 25.5. The predicted molar refractivity (Wildman–Crippen MR) is 138 cm³/mol. The maximum absolute atomic E-state index is 13.5. The van der Waals surface area contributed by atoms with Crippen molar-refractivity contribution in [2.24, 2.45) is 5.92 Å². The topological polar surface area (TPSA) is 87.9 Å².